The summed E-state index contributed by atoms with van der Waals surface area (Å²) < 4.78 is 64.8. The number of fused-ring (bicyclic) bond motifs is 1. The van der Waals surface area contributed by atoms with Crippen LogP contribution < -0.4 is 14.2 Å². The summed E-state index contributed by atoms with van der Waals surface area (Å²) in [5.74, 6) is -1.79. The van der Waals surface area contributed by atoms with Crippen molar-refractivity contribution in [3.8, 4) is 17.2 Å². The quantitative estimate of drug-likeness (QED) is 0.358. The lowest BCUT2D eigenvalue weighted by Gasteiger charge is -2.31. The molecular formula is C30H40FN3O8S. The number of methoxy groups -OCH3 is 1. The van der Waals surface area contributed by atoms with Gasteiger partial charge in [-0.05, 0) is 41.8 Å². The van der Waals surface area contributed by atoms with Crippen molar-refractivity contribution in [1.29, 1.82) is 0 Å². The third kappa shape index (κ3) is 7.07. The molecule has 3 aliphatic heterocycles. The molecular weight excluding hydrogens is 581 g/mol. The van der Waals surface area contributed by atoms with Crippen LogP contribution in [-0.2, 0) is 19.6 Å². The number of halogens is 1. The minimum Gasteiger partial charge on any atom is -0.494 e. The van der Waals surface area contributed by atoms with E-state index in [1.54, 1.807) is 18.2 Å². The highest BCUT2D eigenvalue weighted by Gasteiger charge is 2.48. The van der Waals surface area contributed by atoms with Gasteiger partial charge in [-0.1, -0.05) is 19.1 Å². The molecule has 3 atom stereocenters. The number of hydrogen-bond acceptors (Lipinski definition) is 9. The number of morpholine rings is 1. The fourth-order valence-electron chi connectivity index (χ4n) is 6.28. The molecule has 43 heavy (non-hydrogen) atoms. The lowest BCUT2D eigenvalue weighted by molar-refractivity contribution is -0.143. The predicted molar refractivity (Wildman–Crippen MR) is 157 cm³/mol. The highest BCUT2D eigenvalue weighted by atomic mass is 32.2. The minimum absolute atomic E-state index is 0.00229. The summed E-state index contributed by atoms with van der Waals surface area (Å²) >= 11 is 0. The first kappa shape index (κ1) is 31.5. The van der Waals surface area contributed by atoms with E-state index in [9.17, 15) is 22.7 Å². The number of hydrogen-bond donors (Lipinski definition) is 1. The van der Waals surface area contributed by atoms with E-state index in [0.29, 0.717) is 69.4 Å². The van der Waals surface area contributed by atoms with Gasteiger partial charge in [-0.25, -0.2) is 17.1 Å². The number of aliphatic carboxylic acids is 1. The van der Waals surface area contributed by atoms with Gasteiger partial charge in [0.2, 0.25) is 16.8 Å². The number of ether oxygens (including phenoxy) is 4. The van der Waals surface area contributed by atoms with E-state index < -0.39 is 39.7 Å². The van der Waals surface area contributed by atoms with Crippen LogP contribution in [0.3, 0.4) is 0 Å². The standard InChI is InChI=1S/C30H40FN3O8S/c1-3-8-34(43(37,38)16-13-32-11-14-40-15-12-32)10-9-33-19-23(21-4-7-26-27(18-21)42-20-41-26)28(30(35)36)29(33)22-5-6-25(39-2)24(31)17-22/h4-7,17-18,23,28-29H,3,8-16,19-20H2,1-2H3,(H,35,36). The maximum Gasteiger partial charge on any atom is 0.309 e. The molecule has 0 bridgehead atoms. The Morgan fingerprint density at radius 1 is 1.07 bits per heavy atom. The van der Waals surface area contributed by atoms with Crippen LogP contribution in [0.4, 0.5) is 4.39 Å². The summed E-state index contributed by atoms with van der Waals surface area (Å²) in [6.07, 6.45) is 0.640. The minimum atomic E-state index is -3.57. The van der Waals surface area contributed by atoms with Crippen LogP contribution in [0.15, 0.2) is 36.4 Å². The number of nitrogens with zero attached hydrogens (tertiary/aromatic N) is 3. The molecule has 13 heteroatoms. The molecule has 236 valence electrons. The van der Waals surface area contributed by atoms with Crippen molar-refractivity contribution in [2.75, 3.05) is 78.7 Å². The van der Waals surface area contributed by atoms with Gasteiger partial charge in [0.25, 0.3) is 0 Å². The lowest BCUT2D eigenvalue weighted by atomic mass is 9.82. The smallest absolute Gasteiger partial charge is 0.309 e. The Labute approximate surface area is 252 Å². The number of likely N-dealkylation sites (tertiary alicyclic amines) is 1. The number of sulfonamides is 1. The topological polar surface area (TPSA) is 118 Å². The van der Waals surface area contributed by atoms with Crippen molar-refractivity contribution in [2.45, 2.75) is 25.3 Å². The molecule has 1 N–H and O–H groups in total. The molecule has 0 aliphatic carbocycles. The van der Waals surface area contributed by atoms with Crippen molar-refractivity contribution >= 4 is 16.0 Å². The van der Waals surface area contributed by atoms with Gasteiger partial charge < -0.3 is 24.1 Å². The zero-order valence-corrected chi connectivity index (χ0v) is 25.4. The fraction of sp³-hybridized carbons (Fsp3) is 0.567. The van der Waals surface area contributed by atoms with Crippen molar-refractivity contribution in [2.24, 2.45) is 5.92 Å². The number of carboxylic acids is 1. The zero-order valence-electron chi connectivity index (χ0n) is 24.6. The third-order valence-electron chi connectivity index (χ3n) is 8.50. The van der Waals surface area contributed by atoms with E-state index in [1.165, 1.54) is 23.5 Å². The van der Waals surface area contributed by atoms with Gasteiger partial charge in [0.05, 0.1) is 32.0 Å². The Bertz CT molecular complexity index is 1390. The van der Waals surface area contributed by atoms with Crippen molar-refractivity contribution in [3.05, 3.63) is 53.3 Å². The summed E-state index contributed by atoms with van der Waals surface area (Å²) in [5.41, 5.74) is 1.26. The average molecular weight is 622 g/mol. The highest BCUT2D eigenvalue weighted by molar-refractivity contribution is 7.89. The van der Waals surface area contributed by atoms with Crippen LogP contribution >= 0.6 is 0 Å². The summed E-state index contributed by atoms with van der Waals surface area (Å²) in [6, 6.07) is 9.20. The molecule has 0 amide bonds. The van der Waals surface area contributed by atoms with Gasteiger partial charge in [0, 0.05) is 57.8 Å². The number of rotatable bonds is 13. The zero-order chi connectivity index (χ0) is 30.6. The van der Waals surface area contributed by atoms with E-state index >= 15 is 0 Å². The molecule has 3 aliphatic rings. The van der Waals surface area contributed by atoms with Crippen molar-refractivity contribution in [1.82, 2.24) is 14.1 Å². The normalized spacial score (nSPS) is 22.7. The molecule has 3 heterocycles. The van der Waals surface area contributed by atoms with E-state index in [4.69, 9.17) is 18.9 Å². The van der Waals surface area contributed by atoms with Crippen LogP contribution in [0, 0.1) is 11.7 Å². The molecule has 0 aromatic heterocycles. The molecule has 0 radical (unpaired) electrons. The third-order valence-corrected chi connectivity index (χ3v) is 10.3. The van der Waals surface area contributed by atoms with Gasteiger partial charge >= 0.3 is 5.97 Å². The fourth-order valence-corrected chi connectivity index (χ4v) is 7.85. The Balaban J connectivity index is 1.41. The Kier molecular flexibility index (Phi) is 10.1. The second kappa shape index (κ2) is 13.8. The lowest BCUT2D eigenvalue weighted by Crippen LogP contribution is -2.44. The molecule has 2 saturated heterocycles. The van der Waals surface area contributed by atoms with Crippen molar-refractivity contribution < 1.29 is 41.7 Å². The molecule has 0 saturated carbocycles. The Morgan fingerprint density at radius 3 is 2.51 bits per heavy atom. The Hall–Kier alpha value is -2.97. The van der Waals surface area contributed by atoms with Gasteiger partial charge in [-0.2, -0.15) is 0 Å². The van der Waals surface area contributed by atoms with Crippen LogP contribution in [-0.4, -0.2) is 112 Å². The maximum atomic E-state index is 14.9. The van der Waals surface area contributed by atoms with Gasteiger partial charge in [0.15, 0.2) is 23.1 Å². The molecule has 2 aromatic carbocycles. The van der Waals surface area contributed by atoms with Crippen LogP contribution in [0.2, 0.25) is 0 Å². The Morgan fingerprint density at radius 2 is 1.81 bits per heavy atom. The van der Waals surface area contributed by atoms with Crippen LogP contribution in [0.25, 0.3) is 0 Å². The van der Waals surface area contributed by atoms with E-state index in [2.05, 4.69) is 4.90 Å². The SMILES string of the molecule is CCCN(CCN1CC(c2ccc3c(c2)OCO3)C(C(=O)O)C1c1ccc(OC)c(F)c1)S(=O)(=O)CCN1CCOCC1. The predicted octanol–water partition coefficient (Wildman–Crippen LogP) is 2.78. The van der Waals surface area contributed by atoms with E-state index in [1.807, 2.05) is 17.9 Å². The van der Waals surface area contributed by atoms with E-state index in [-0.39, 0.29) is 31.4 Å². The van der Waals surface area contributed by atoms with Crippen LogP contribution in [0.1, 0.15) is 36.4 Å². The average Bonchev–Trinajstić information content (AvgIpc) is 3.63. The van der Waals surface area contributed by atoms with Crippen LogP contribution in [0.5, 0.6) is 17.2 Å². The van der Waals surface area contributed by atoms with Gasteiger partial charge in [-0.3, -0.25) is 14.6 Å². The first-order valence-electron chi connectivity index (χ1n) is 14.7. The maximum absolute atomic E-state index is 14.9. The monoisotopic (exact) mass is 621 g/mol. The first-order valence-corrected chi connectivity index (χ1v) is 16.3. The van der Waals surface area contributed by atoms with E-state index in [0.717, 1.165) is 5.56 Å². The summed E-state index contributed by atoms with van der Waals surface area (Å²) in [5, 5.41) is 10.5. The summed E-state index contributed by atoms with van der Waals surface area (Å²) in [4.78, 5) is 16.9. The summed E-state index contributed by atoms with van der Waals surface area (Å²) in [7, 11) is -2.20. The van der Waals surface area contributed by atoms with Gasteiger partial charge in [-0.15, -0.1) is 0 Å². The number of carboxylic acid groups (broad SMARTS) is 1. The van der Waals surface area contributed by atoms with Gasteiger partial charge in [0.1, 0.15) is 0 Å². The highest BCUT2D eigenvalue weighted by Crippen LogP contribution is 2.48. The number of benzene rings is 2. The number of carbonyl (C=O) groups is 1. The molecule has 2 fully saturated rings. The second-order valence-corrected chi connectivity index (χ2v) is 13.2. The molecule has 11 nitrogen and oxygen atoms in total. The van der Waals surface area contributed by atoms with Crippen molar-refractivity contribution in [3.63, 3.8) is 0 Å². The molecule has 3 unspecified atom stereocenters. The molecule has 0 spiro atoms. The first-order chi connectivity index (χ1) is 20.7. The molecule has 5 rings (SSSR count). The summed E-state index contributed by atoms with van der Waals surface area (Å²) in [6.45, 7) is 6.21. The largest absolute Gasteiger partial charge is 0.494 e. The second-order valence-electron chi connectivity index (χ2n) is 11.1. The molecule has 2 aromatic rings.